The number of ether oxygens (including phenoxy) is 1. The van der Waals surface area contributed by atoms with Crippen LogP contribution >= 0.6 is 27.7 Å². The maximum Gasteiger partial charge on any atom is 0.234 e. The number of nitrogens with one attached hydrogen (secondary N) is 1. The summed E-state index contributed by atoms with van der Waals surface area (Å²) in [5.41, 5.74) is 2.04. The molecule has 27 heavy (non-hydrogen) atoms. The quantitative estimate of drug-likeness (QED) is 0.720. The van der Waals surface area contributed by atoms with E-state index in [9.17, 15) is 4.79 Å². The van der Waals surface area contributed by atoms with Crippen molar-refractivity contribution in [1.82, 2.24) is 0 Å². The van der Waals surface area contributed by atoms with Gasteiger partial charge in [0.15, 0.2) is 0 Å². The number of hydrogen-bond acceptors (Lipinski definition) is 5. The standard InChI is InChI=1S/C20H20BrN3O2S/c1-20(2)23-18(13-4-6-14(21)7-5-13)19(24-20)27-12-17(25)22-15-8-10-16(26-3)11-9-15/h4-11H,12H2,1-3H3,(H,22,25). The molecule has 0 saturated carbocycles. The summed E-state index contributed by atoms with van der Waals surface area (Å²) in [5.74, 6) is 0.921. The Morgan fingerprint density at radius 2 is 1.78 bits per heavy atom. The van der Waals surface area contributed by atoms with E-state index >= 15 is 0 Å². The van der Waals surface area contributed by atoms with Crippen LogP contribution in [0, 0.1) is 0 Å². The summed E-state index contributed by atoms with van der Waals surface area (Å²) in [6, 6.07) is 15.2. The third kappa shape index (κ3) is 5.20. The summed E-state index contributed by atoms with van der Waals surface area (Å²) in [6.45, 7) is 3.91. The first-order valence-electron chi connectivity index (χ1n) is 8.39. The number of nitrogens with zero attached hydrogens (tertiary/aromatic N) is 2. The Balaban J connectivity index is 1.65. The molecule has 1 aliphatic heterocycles. The fourth-order valence-electron chi connectivity index (χ4n) is 2.55. The van der Waals surface area contributed by atoms with Crippen molar-refractivity contribution in [3.05, 3.63) is 58.6 Å². The Morgan fingerprint density at radius 1 is 1.11 bits per heavy atom. The van der Waals surface area contributed by atoms with Gasteiger partial charge >= 0.3 is 0 Å². The molecule has 2 aromatic carbocycles. The van der Waals surface area contributed by atoms with E-state index in [0.717, 1.165) is 32.2 Å². The molecule has 140 valence electrons. The maximum absolute atomic E-state index is 12.3. The van der Waals surface area contributed by atoms with Crippen LogP contribution in [0.2, 0.25) is 0 Å². The van der Waals surface area contributed by atoms with Crippen LogP contribution in [-0.4, -0.2) is 35.2 Å². The zero-order valence-electron chi connectivity index (χ0n) is 15.3. The molecule has 0 aliphatic carbocycles. The number of amides is 1. The van der Waals surface area contributed by atoms with Crippen LogP contribution in [0.15, 0.2) is 63.0 Å². The Bertz CT molecular complexity index is 890. The normalized spacial score (nSPS) is 15.1. The molecule has 3 rings (SSSR count). The van der Waals surface area contributed by atoms with E-state index in [2.05, 4.69) is 26.2 Å². The number of thioether (sulfide) groups is 1. The number of hydrogen-bond donors (Lipinski definition) is 1. The first-order valence-corrected chi connectivity index (χ1v) is 10.2. The zero-order chi connectivity index (χ0) is 19.4. The lowest BCUT2D eigenvalue weighted by molar-refractivity contribution is -0.113. The molecule has 5 nitrogen and oxygen atoms in total. The Labute approximate surface area is 171 Å². The summed E-state index contributed by atoms with van der Waals surface area (Å²) in [5, 5.41) is 3.67. The largest absolute Gasteiger partial charge is 0.497 e. The molecule has 0 atom stereocenters. The number of aliphatic imine (C=N–C) groups is 2. The van der Waals surface area contributed by atoms with Gasteiger partial charge in [-0.2, -0.15) is 0 Å². The number of benzene rings is 2. The molecule has 0 aromatic heterocycles. The van der Waals surface area contributed by atoms with Gasteiger partial charge in [0, 0.05) is 15.7 Å². The van der Waals surface area contributed by atoms with Crippen LogP contribution in [0.25, 0.3) is 0 Å². The van der Waals surface area contributed by atoms with E-state index in [1.165, 1.54) is 11.8 Å². The van der Waals surface area contributed by atoms with Crippen molar-refractivity contribution in [1.29, 1.82) is 0 Å². The zero-order valence-corrected chi connectivity index (χ0v) is 17.7. The van der Waals surface area contributed by atoms with Gasteiger partial charge < -0.3 is 10.1 Å². The summed E-state index contributed by atoms with van der Waals surface area (Å²) < 4.78 is 6.13. The number of carbonyl (C=O) groups excluding carboxylic acids is 1. The summed E-state index contributed by atoms with van der Waals surface area (Å²) in [4.78, 5) is 21.7. The molecule has 0 saturated heterocycles. The lowest BCUT2D eigenvalue weighted by Gasteiger charge is -2.08. The van der Waals surface area contributed by atoms with Crippen LogP contribution in [-0.2, 0) is 4.79 Å². The van der Waals surface area contributed by atoms with Crippen LogP contribution in [0.1, 0.15) is 19.4 Å². The lowest BCUT2D eigenvalue weighted by Crippen LogP contribution is -2.17. The van der Waals surface area contributed by atoms with Gasteiger partial charge in [-0.15, -0.1) is 0 Å². The molecule has 7 heteroatoms. The third-order valence-electron chi connectivity index (χ3n) is 3.79. The highest BCUT2D eigenvalue weighted by atomic mass is 79.9. The highest BCUT2D eigenvalue weighted by Gasteiger charge is 2.28. The molecular weight excluding hydrogens is 426 g/mol. The van der Waals surface area contributed by atoms with Crippen molar-refractivity contribution < 1.29 is 9.53 Å². The van der Waals surface area contributed by atoms with Crippen molar-refractivity contribution in [2.45, 2.75) is 19.5 Å². The van der Waals surface area contributed by atoms with Gasteiger partial charge in [-0.1, -0.05) is 39.8 Å². The minimum atomic E-state index is -0.517. The Hall–Kier alpha value is -2.12. The summed E-state index contributed by atoms with van der Waals surface area (Å²) >= 11 is 4.85. The fraction of sp³-hybridized carbons (Fsp3) is 0.250. The average Bonchev–Trinajstić information content (AvgIpc) is 2.96. The highest BCUT2D eigenvalue weighted by molar-refractivity contribution is 9.10. The predicted octanol–water partition coefficient (Wildman–Crippen LogP) is 4.77. The topological polar surface area (TPSA) is 63.0 Å². The smallest absolute Gasteiger partial charge is 0.234 e. The van der Waals surface area contributed by atoms with Gasteiger partial charge in [-0.25, -0.2) is 4.99 Å². The van der Waals surface area contributed by atoms with E-state index in [0.29, 0.717) is 0 Å². The van der Waals surface area contributed by atoms with Gasteiger partial charge in [-0.3, -0.25) is 9.79 Å². The molecule has 0 spiro atoms. The number of rotatable bonds is 5. The molecule has 1 N–H and O–H groups in total. The van der Waals surface area contributed by atoms with Crippen LogP contribution in [0.3, 0.4) is 0 Å². The monoisotopic (exact) mass is 445 g/mol. The van der Waals surface area contributed by atoms with E-state index in [1.54, 1.807) is 7.11 Å². The predicted molar refractivity (Wildman–Crippen MR) is 116 cm³/mol. The average molecular weight is 446 g/mol. The Morgan fingerprint density at radius 3 is 2.41 bits per heavy atom. The van der Waals surface area contributed by atoms with Crippen LogP contribution in [0.5, 0.6) is 5.75 Å². The summed E-state index contributed by atoms with van der Waals surface area (Å²) in [6.07, 6.45) is 0. The van der Waals surface area contributed by atoms with Gasteiger partial charge in [0.1, 0.15) is 16.5 Å². The van der Waals surface area contributed by atoms with Crippen molar-refractivity contribution in [3.8, 4) is 5.75 Å². The SMILES string of the molecule is COc1ccc(NC(=O)CSC2=NC(C)(C)N=C2c2ccc(Br)cc2)cc1. The first-order chi connectivity index (χ1) is 12.9. The minimum absolute atomic E-state index is 0.0901. The Kier molecular flexibility index (Phi) is 6.01. The van der Waals surface area contributed by atoms with Crippen LogP contribution < -0.4 is 10.1 Å². The van der Waals surface area contributed by atoms with Gasteiger partial charge in [0.05, 0.1) is 18.6 Å². The highest BCUT2D eigenvalue weighted by Crippen LogP contribution is 2.27. The third-order valence-corrected chi connectivity index (χ3v) is 5.29. The molecule has 1 heterocycles. The molecule has 0 fully saturated rings. The first kappa shape index (κ1) is 19.6. The molecule has 0 bridgehead atoms. The second-order valence-corrected chi connectivity index (χ2v) is 8.32. The van der Waals surface area contributed by atoms with E-state index < -0.39 is 5.66 Å². The van der Waals surface area contributed by atoms with Gasteiger partial charge in [0.25, 0.3) is 0 Å². The van der Waals surface area contributed by atoms with Gasteiger partial charge in [-0.05, 0) is 50.2 Å². The molecule has 0 unspecified atom stereocenters. The van der Waals surface area contributed by atoms with Crippen LogP contribution in [0.4, 0.5) is 5.69 Å². The number of anilines is 1. The van der Waals surface area contributed by atoms with E-state index in [1.807, 2.05) is 62.4 Å². The number of halogens is 1. The summed E-state index contributed by atoms with van der Waals surface area (Å²) in [7, 11) is 1.61. The van der Waals surface area contributed by atoms with Crippen molar-refractivity contribution >= 4 is 50.0 Å². The van der Waals surface area contributed by atoms with Crippen molar-refractivity contribution in [3.63, 3.8) is 0 Å². The van der Waals surface area contributed by atoms with Crippen molar-refractivity contribution in [2.24, 2.45) is 9.98 Å². The number of methoxy groups -OCH3 is 1. The van der Waals surface area contributed by atoms with Crippen molar-refractivity contribution in [2.75, 3.05) is 18.2 Å². The molecule has 1 aliphatic rings. The second-order valence-electron chi connectivity index (χ2n) is 6.44. The molecule has 2 aromatic rings. The number of carbonyl (C=O) groups is 1. The lowest BCUT2D eigenvalue weighted by atomic mass is 10.1. The van der Waals surface area contributed by atoms with E-state index in [4.69, 9.17) is 9.73 Å². The second kappa shape index (κ2) is 8.27. The van der Waals surface area contributed by atoms with Gasteiger partial charge in [0.2, 0.25) is 5.91 Å². The molecule has 0 radical (unpaired) electrons. The fourth-order valence-corrected chi connectivity index (χ4v) is 3.74. The molecular formula is C20H20BrN3O2S. The van der Waals surface area contributed by atoms with E-state index in [-0.39, 0.29) is 11.7 Å². The minimum Gasteiger partial charge on any atom is -0.497 e. The maximum atomic E-state index is 12.3. The molecule has 1 amide bonds.